The summed E-state index contributed by atoms with van der Waals surface area (Å²) in [6, 6.07) is 0.232. The summed E-state index contributed by atoms with van der Waals surface area (Å²) in [7, 11) is 6.53. The van der Waals surface area contributed by atoms with Gasteiger partial charge in [-0.15, -0.1) is 0 Å². The molecule has 366 valence electrons. The van der Waals surface area contributed by atoms with E-state index in [-0.39, 0.29) is 55.2 Å². The van der Waals surface area contributed by atoms with E-state index >= 15 is 0 Å². The number of hydrogen-bond acceptors (Lipinski definition) is 14. The maximum Gasteiger partial charge on any atom is 0.256 e. The molecule has 4 amide bonds. The molecule has 3 aliphatic carbocycles. The molecule has 8 rings (SSSR count). The van der Waals surface area contributed by atoms with Gasteiger partial charge in [-0.2, -0.15) is 5.06 Å². The van der Waals surface area contributed by atoms with Crippen molar-refractivity contribution in [3.05, 3.63) is 83.2 Å². The first kappa shape index (κ1) is 49.8. The molecular formula is C51H65N5O10S2. The quantitative estimate of drug-likeness (QED) is 0.0258. The van der Waals surface area contributed by atoms with Crippen molar-refractivity contribution in [3.63, 3.8) is 0 Å². The summed E-state index contributed by atoms with van der Waals surface area (Å²) >= 11 is 0. The van der Waals surface area contributed by atoms with Crippen LogP contribution in [-0.2, 0) is 43.0 Å². The molecule has 4 saturated heterocycles. The summed E-state index contributed by atoms with van der Waals surface area (Å²) in [6.45, 7) is 6.52. The number of aliphatic hydroxyl groups excluding tert-OH is 1. The number of carbonyl (C=O) groups is 4. The number of allylic oxidation sites excluding steroid dienone is 5. The first-order valence-corrected chi connectivity index (χ1v) is 26.4. The van der Waals surface area contributed by atoms with E-state index < -0.39 is 28.9 Å². The number of amides is 4. The second-order valence-electron chi connectivity index (χ2n) is 18.7. The topological polar surface area (TPSA) is 160 Å². The molecule has 1 N–H and O–H groups in total. The lowest BCUT2D eigenvalue weighted by molar-refractivity contribution is -0.245. The molecule has 0 bridgehead atoms. The summed E-state index contributed by atoms with van der Waals surface area (Å²) in [5, 5.41) is 11.1. The Balaban J connectivity index is 0.861. The summed E-state index contributed by atoms with van der Waals surface area (Å²) in [4.78, 5) is 68.4. The highest BCUT2D eigenvalue weighted by Gasteiger charge is 2.52. The number of rotatable bonds is 21. The molecular weight excluding hydrogens is 907 g/mol. The fraction of sp³-hybridized carbons (Fsp3) is 0.588. The minimum absolute atomic E-state index is 0.00289. The third kappa shape index (κ3) is 11.2. The third-order valence-corrected chi connectivity index (χ3v) is 17.0. The molecule has 8 unspecified atom stereocenters. The molecule has 5 aliphatic heterocycles. The van der Waals surface area contributed by atoms with Crippen molar-refractivity contribution >= 4 is 51.4 Å². The van der Waals surface area contributed by atoms with Crippen LogP contribution >= 0.6 is 21.6 Å². The van der Waals surface area contributed by atoms with Crippen molar-refractivity contribution in [2.75, 3.05) is 52.9 Å². The summed E-state index contributed by atoms with van der Waals surface area (Å²) in [6.07, 6.45) is 26.1. The average Bonchev–Trinajstić information content (AvgIpc) is 4.05. The SMILES string of the molecule is COC/C=C1/C(=O)N2C(CC=N/C1=C/COCCCCCOC1=C(OC)C#CC3C(=O)N4C(CC5CC=CC54)CN(C(C)(C)SSCCCC(O)ON4C(=O)CCC4=O)C3=C1)CC1C=CC=CC12. The number of fused-ring (bicyclic) bond motifs is 7. The Bertz CT molecular complexity index is 2220. The number of aliphatic imine (C=N–C) groups is 1. The van der Waals surface area contributed by atoms with Gasteiger partial charge < -0.3 is 38.8 Å². The number of carbonyl (C=O) groups excluding carboxylic acids is 4. The Hall–Kier alpha value is -4.57. The summed E-state index contributed by atoms with van der Waals surface area (Å²) in [5.74, 6) is 7.14. The van der Waals surface area contributed by atoms with Crippen molar-refractivity contribution in [1.29, 1.82) is 0 Å². The second kappa shape index (κ2) is 22.9. The zero-order valence-electron chi connectivity index (χ0n) is 39.6. The fourth-order valence-corrected chi connectivity index (χ4v) is 13.1. The van der Waals surface area contributed by atoms with Crippen molar-refractivity contribution in [2.24, 2.45) is 22.7 Å². The Labute approximate surface area is 408 Å². The minimum Gasteiger partial charge on any atom is -0.489 e. The first-order chi connectivity index (χ1) is 33.0. The molecule has 4 fully saturated rings. The van der Waals surface area contributed by atoms with E-state index in [0.717, 1.165) is 44.2 Å². The van der Waals surface area contributed by atoms with E-state index in [2.05, 4.69) is 65.9 Å². The number of methoxy groups -OCH3 is 2. The van der Waals surface area contributed by atoms with Gasteiger partial charge in [0.2, 0.25) is 11.7 Å². The zero-order chi connectivity index (χ0) is 47.8. The van der Waals surface area contributed by atoms with Crippen LogP contribution in [-0.4, -0.2) is 143 Å². The molecule has 17 heteroatoms. The molecule has 0 saturated carbocycles. The molecule has 0 aromatic heterocycles. The van der Waals surface area contributed by atoms with Gasteiger partial charge in [0.05, 0.1) is 61.2 Å². The Kier molecular flexibility index (Phi) is 16.8. The molecule has 0 aromatic rings. The Morgan fingerprint density at radius 3 is 2.54 bits per heavy atom. The van der Waals surface area contributed by atoms with Crippen LogP contribution in [0.15, 0.2) is 88.2 Å². The molecule has 0 aromatic carbocycles. The Morgan fingerprint density at radius 1 is 0.926 bits per heavy atom. The van der Waals surface area contributed by atoms with Gasteiger partial charge >= 0.3 is 0 Å². The number of hydroxylamine groups is 2. The molecule has 68 heavy (non-hydrogen) atoms. The van der Waals surface area contributed by atoms with Gasteiger partial charge in [-0.3, -0.25) is 24.2 Å². The number of unbranched alkanes of at least 4 members (excludes halogenated alkanes) is 2. The highest BCUT2D eigenvalue weighted by atomic mass is 33.1. The standard InChI is InChI=1S/C51H65N5O10S2/c1-51(2,68-67-29-11-16-48(59)66-56-46(57)19-20-47(56)58)53-33-37-31-35-13-10-15-42(35)55(37)50(61)39-17-18-44(63-4)45(32-43(39)53)65-26-9-5-8-25-64-28-23-40-38(22-27-62-3)49(60)54-36(21-24-52-40)30-34-12-6-7-14-41(34)54/h6-7,10,12,14-15,22-24,32,34-37,39,41-42,48,59H,5,8-9,11,13,16,19-21,25-31,33H2,1-4H3/b38-22+,40-23+,52-24?. The monoisotopic (exact) mass is 971 g/mol. The first-order valence-electron chi connectivity index (χ1n) is 24.1. The van der Waals surface area contributed by atoms with Crippen LogP contribution in [0.4, 0.5) is 0 Å². The lowest BCUT2D eigenvalue weighted by Gasteiger charge is -2.42. The van der Waals surface area contributed by atoms with E-state index in [1.54, 1.807) is 35.8 Å². The average molecular weight is 972 g/mol. The number of ether oxygens (including phenoxy) is 4. The Morgan fingerprint density at radius 2 is 1.74 bits per heavy atom. The fourth-order valence-electron chi connectivity index (χ4n) is 10.4. The van der Waals surface area contributed by atoms with Gasteiger partial charge in [-0.1, -0.05) is 64.0 Å². The van der Waals surface area contributed by atoms with Crippen molar-refractivity contribution in [2.45, 2.75) is 120 Å². The van der Waals surface area contributed by atoms with E-state index in [9.17, 15) is 24.3 Å². The molecule has 0 radical (unpaired) electrons. The van der Waals surface area contributed by atoms with Gasteiger partial charge in [0.1, 0.15) is 5.92 Å². The molecule has 0 spiro atoms. The van der Waals surface area contributed by atoms with Gasteiger partial charge in [0.25, 0.3) is 17.7 Å². The van der Waals surface area contributed by atoms with Gasteiger partial charge in [0, 0.05) is 81.6 Å². The van der Waals surface area contributed by atoms with E-state index in [1.165, 1.54) is 0 Å². The highest BCUT2D eigenvalue weighted by molar-refractivity contribution is 8.77. The lowest BCUT2D eigenvalue weighted by Crippen LogP contribution is -2.46. The summed E-state index contributed by atoms with van der Waals surface area (Å²) in [5.41, 5.74) is 1.93. The van der Waals surface area contributed by atoms with Gasteiger partial charge in [-0.05, 0) is 82.8 Å². The molecule has 5 heterocycles. The molecule has 15 nitrogen and oxygen atoms in total. The van der Waals surface area contributed by atoms with Crippen molar-refractivity contribution in [3.8, 4) is 11.8 Å². The number of imide groups is 1. The predicted octanol–water partition coefficient (Wildman–Crippen LogP) is 6.37. The third-order valence-electron chi connectivity index (χ3n) is 13.8. The van der Waals surface area contributed by atoms with Crippen LogP contribution in [0.2, 0.25) is 0 Å². The number of nitrogens with zero attached hydrogens (tertiary/aromatic N) is 5. The normalized spacial score (nSPS) is 29.1. The van der Waals surface area contributed by atoms with Crippen LogP contribution in [0.5, 0.6) is 0 Å². The van der Waals surface area contributed by atoms with Crippen LogP contribution in [0.1, 0.15) is 84.5 Å². The van der Waals surface area contributed by atoms with Crippen LogP contribution < -0.4 is 0 Å². The van der Waals surface area contributed by atoms with Gasteiger partial charge in [0.15, 0.2) is 12.0 Å². The zero-order valence-corrected chi connectivity index (χ0v) is 41.2. The largest absolute Gasteiger partial charge is 0.489 e. The lowest BCUT2D eigenvalue weighted by atomic mass is 9.94. The maximum atomic E-state index is 14.6. The number of hydrogen-bond donors (Lipinski definition) is 1. The van der Waals surface area contributed by atoms with E-state index in [1.807, 2.05) is 35.4 Å². The minimum atomic E-state index is -1.26. The number of aliphatic hydroxyl groups is 1. The maximum absolute atomic E-state index is 14.6. The highest BCUT2D eigenvalue weighted by Crippen LogP contribution is 2.48. The van der Waals surface area contributed by atoms with Crippen LogP contribution in [0.3, 0.4) is 0 Å². The van der Waals surface area contributed by atoms with Gasteiger partial charge in [-0.25, -0.2) is 4.84 Å². The van der Waals surface area contributed by atoms with E-state index in [4.69, 9.17) is 28.8 Å². The van der Waals surface area contributed by atoms with Crippen molar-refractivity contribution in [1.82, 2.24) is 19.8 Å². The molecule has 8 atom stereocenters. The molecule has 8 aliphatic rings. The van der Waals surface area contributed by atoms with Crippen LogP contribution in [0.25, 0.3) is 0 Å². The smallest absolute Gasteiger partial charge is 0.256 e. The summed E-state index contributed by atoms with van der Waals surface area (Å²) < 4.78 is 23.6. The van der Waals surface area contributed by atoms with Crippen LogP contribution in [0, 0.1) is 29.6 Å². The predicted molar refractivity (Wildman–Crippen MR) is 260 cm³/mol. The second-order valence-corrected chi connectivity index (χ2v) is 21.7. The van der Waals surface area contributed by atoms with Crippen molar-refractivity contribution < 1.29 is 48.1 Å². The van der Waals surface area contributed by atoms with E-state index in [0.29, 0.717) is 91.3 Å².